The van der Waals surface area contributed by atoms with Gasteiger partial charge in [0.15, 0.2) is 0 Å². The molecule has 230 valence electrons. The summed E-state index contributed by atoms with van der Waals surface area (Å²) in [6, 6.07) is 32.6. The van der Waals surface area contributed by atoms with Crippen molar-refractivity contribution in [2.24, 2.45) is 0 Å². The minimum Gasteiger partial charge on any atom is -0.478 e. The number of aryl methyl sites for hydroxylation is 1. The topological polar surface area (TPSA) is 138 Å². The molecule has 1 unspecified atom stereocenters. The van der Waals surface area contributed by atoms with Gasteiger partial charge in [0.05, 0.1) is 11.8 Å². The summed E-state index contributed by atoms with van der Waals surface area (Å²) in [4.78, 5) is 52.2. The van der Waals surface area contributed by atoms with Crippen LogP contribution in [-0.2, 0) is 9.59 Å². The van der Waals surface area contributed by atoms with E-state index in [9.17, 15) is 24.3 Å². The molecular weight excluding hydrogens is 602 g/mol. The first kappa shape index (κ1) is 31.6. The quantitative estimate of drug-likeness (QED) is 0.0896. The number of nitrogens with one attached hydrogen (secondary N) is 3. The second-order valence-electron chi connectivity index (χ2n) is 10.1. The Morgan fingerprint density at radius 2 is 1.52 bits per heavy atom. The van der Waals surface area contributed by atoms with E-state index in [1.165, 1.54) is 36.2 Å². The Morgan fingerprint density at radius 1 is 0.783 bits per heavy atom. The first-order chi connectivity index (χ1) is 22.3. The van der Waals surface area contributed by atoms with Crippen molar-refractivity contribution in [2.45, 2.75) is 17.1 Å². The first-order valence-electron chi connectivity index (χ1n) is 14.2. The highest BCUT2D eigenvalue weighted by molar-refractivity contribution is 8.00. The first-order valence-corrected chi connectivity index (χ1v) is 15.0. The molecule has 0 aliphatic carbocycles. The lowest BCUT2D eigenvalue weighted by Gasteiger charge is -2.19. The van der Waals surface area contributed by atoms with Crippen LogP contribution >= 0.6 is 11.8 Å². The highest BCUT2D eigenvalue weighted by Crippen LogP contribution is 2.37. The van der Waals surface area contributed by atoms with Gasteiger partial charge in [-0.3, -0.25) is 14.4 Å². The lowest BCUT2D eigenvalue weighted by atomic mass is 10.1. The fourth-order valence-corrected chi connectivity index (χ4v) is 5.51. The third-order valence-electron chi connectivity index (χ3n) is 6.79. The van der Waals surface area contributed by atoms with Gasteiger partial charge in [0.1, 0.15) is 16.7 Å². The molecule has 0 saturated heterocycles. The van der Waals surface area contributed by atoms with Crippen molar-refractivity contribution >= 4 is 52.9 Å². The normalized spacial score (nSPS) is 11.7. The number of aromatic carboxylic acids is 1. The lowest BCUT2D eigenvalue weighted by molar-refractivity contribution is -0.116. The molecule has 46 heavy (non-hydrogen) atoms. The van der Waals surface area contributed by atoms with E-state index in [1.807, 2.05) is 36.4 Å². The summed E-state index contributed by atoms with van der Waals surface area (Å²) in [7, 11) is 0. The summed E-state index contributed by atoms with van der Waals surface area (Å²) in [5.41, 5.74) is 2.72. The largest absolute Gasteiger partial charge is 0.478 e. The Bertz CT molecular complexity index is 1890. The molecule has 0 spiro atoms. The van der Waals surface area contributed by atoms with Gasteiger partial charge in [-0.25, -0.2) is 4.79 Å². The third kappa shape index (κ3) is 8.19. The van der Waals surface area contributed by atoms with Crippen LogP contribution in [-0.4, -0.2) is 28.8 Å². The Labute approximate surface area is 269 Å². The fourth-order valence-electron chi connectivity index (χ4n) is 4.43. The van der Waals surface area contributed by atoms with E-state index in [2.05, 4.69) is 16.0 Å². The van der Waals surface area contributed by atoms with E-state index in [-0.39, 0.29) is 17.2 Å². The maximum Gasteiger partial charge on any atom is 0.335 e. The SMILES string of the molecule is Cc1ccc(C(=O)O)cc1NC(=O)C(Sc1cccc(NC(=O)/C(=C/c2ccco2)NC(=O)c2ccccc2)c1)c1ccccc1. The van der Waals surface area contributed by atoms with Crippen molar-refractivity contribution in [3.8, 4) is 0 Å². The lowest BCUT2D eigenvalue weighted by Crippen LogP contribution is -2.30. The standard InChI is InChI=1S/C36H29N3O6S/c1-23-17-18-26(36(43)44)20-30(23)38-35(42)32(24-10-4-2-5-11-24)46-29-16-8-14-27(21-29)37-34(41)31(22-28-15-9-19-45-28)39-33(40)25-12-6-3-7-13-25/h2-22,32H,1H3,(H,37,41)(H,38,42)(H,39,40)(H,43,44)/b31-22-. The average Bonchev–Trinajstić information content (AvgIpc) is 3.58. The van der Waals surface area contributed by atoms with E-state index in [1.54, 1.807) is 73.7 Å². The number of carbonyl (C=O) groups is 4. The van der Waals surface area contributed by atoms with Crippen molar-refractivity contribution in [1.82, 2.24) is 5.32 Å². The van der Waals surface area contributed by atoms with Crippen LogP contribution in [0.15, 0.2) is 137 Å². The predicted molar refractivity (Wildman–Crippen MR) is 177 cm³/mol. The van der Waals surface area contributed by atoms with Crippen LogP contribution in [0.3, 0.4) is 0 Å². The maximum absolute atomic E-state index is 13.7. The van der Waals surface area contributed by atoms with Gasteiger partial charge < -0.3 is 25.5 Å². The van der Waals surface area contributed by atoms with Gasteiger partial charge in [0.2, 0.25) is 5.91 Å². The molecule has 5 rings (SSSR count). The minimum absolute atomic E-state index is 0.0256. The molecular formula is C36H29N3O6S. The number of carboxylic acid groups (broad SMARTS) is 1. The molecule has 5 aromatic rings. The van der Waals surface area contributed by atoms with Crippen LogP contribution in [0.4, 0.5) is 11.4 Å². The molecule has 1 atom stereocenters. The predicted octanol–water partition coefficient (Wildman–Crippen LogP) is 7.17. The second-order valence-corrected chi connectivity index (χ2v) is 11.3. The Morgan fingerprint density at radius 3 is 2.22 bits per heavy atom. The van der Waals surface area contributed by atoms with Gasteiger partial charge in [-0.05, 0) is 72.6 Å². The zero-order valence-corrected chi connectivity index (χ0v) is 25.4. The van der Waals surface area contributed by atoms with Gasteiger partial charge >= 0.3 is 5.97 Å². The van der Waals surface area contributed by atoms with Gasteiger partial charge in [-0.15, -0.1) is 11.8 Å². The number of anilines is 2. The number of rotatable bonds is 11. The highest BCUT2D eigenvalue weighted by atomic mass is 32.2. The second kappa shape index (κ2) is 14.7. The number of carboxylic acids is 1. The fraction of sp³-hybridized carbons (Fsp3) is 0.0556. The van der Waals surface area contributed by atoms with Crippen molar-refractivity contribution in [3.05, 3.63) is 155 Å². The summed E-state index contributed by atoms with van der Waals surface area (Å²) in [6.07, 6.45) is 2.90. The average molecular weight is 632 g/mol. The number of benzene rings is 4. The van der Waals surface area contributed by atoms with Gasteiger partial charge in [0, 0.05) is 27.9 Å². The summed E-state index contributed by atoms with van der Waals surface area (Å²) >= 11 is 1.27. The monoisotopic (exact) mass is 631 g/mol. The third-order valence-corrected chi connectivity index (χ3v) is 8.04. The molecule has 4 aromatic carbocycles. The molecule has 1 aromatic heterocycles. The highest BCUT2D eigenvalue weighted by Gasteiger charge is 2.24. The molecule has 0 aliphatic rings. The van der Waals surface area contributed by atoms with E-state index in [0.29, 0.717) is 27.6 Å². The van der Waals surface area contributed by atoms with E-state index in [0.717, 1.165) is 11.1 Å². The van der Waals surface area contributed by atoms with Crippen molar-refractivity contribution in [1.29, 1.82) is 0 Å². The number of hydrogen-bond donors (Lipinski definition) is 4. The van der Waals surface area contributed by atoms with Crippen LogP contribution in [0.1, 0.15) is 42.9 Å². The maximum atomic E-state index is 13.7. The summed E-state index contributed by atoms with van der Waals surface area (Å²) in [6.45, 7) is 1.79. The van der Waals surface area contributed by atoms with E-state index >= 15 is 0 Å². The number of furan rings is 1. The summed E-state index contributed by atoms with van der Waals surface area (Å²) < 4.78 is 5.37. The zero-order chi connectivity index (χ0) is 32.5. The van der Waals surface area contributed by atoms with Crippen molar-refractivity contribution in [2.75, 3.05) is 10.6 Å². The molecule has 1 heterocycles. The summed E-state index contributed by atoms with van der Waals surface area (Å²) in [5.74, 6) is -2.09. The molecule has 0 bridgehead atoms. The van der Waals surface area contributed by atoms with Crippen LogP contribution in [0.2, 0.25) is 0 Å². The Balaban J connectivity index is 1.37. The molecule has 0 aliphatic heterocycles. The number of carbonyl (C=O) groups excluding carboxylic acids is 3. The van der Waals surface area contributed by atoms with Crippen LogP contribution in [0.5, 0.6) is 0 Å². The molecule has 0 fully saturated rings. The zero-order valence-electron chi connectivity index (χ0n) is 24.6. The van der Waals surface area contributed by atoms with Crippen LogP contribution in [0.25, 0.3) is 6.08 Å². The van der Waals surface area contributed by atoms with Crippen molar-refractivity contribution in [3.63, 3.8) is 0 Å². The van der Waals surface area contributed by atoms with Crippen LogP contribution in [0, 0.1) is 6.92 Å². The molecule has 10 heteroatoms. The van der Waals surface area contributed by atoms with Gasteiger partial charge in [0.25, 0.3) is 11.8 Å². The number of hydrogen-bond acceptors (Lipinski definition) is 6. The number of thioether (sulfide) groups is 1. The van der Waals surface area contributed by atoms with Gasteiger partial charge in [-0.2, -0.15) is 0 Å². The van der Waals surface area contributed by atoms with Gasteiger partial charge in [-0.1, -0.05) is 60.7 Å². The number of amides is 3. The Hall–Kier alpha value is -5.87. The molecule has 3 amide bonds. The summed E-state index contributed by atoms with van der Waals surface area (Å²) in [5, 5.41) is 17.1. The van der Waals surface area contributed by atoms with E-state index in [4.69, 9.17) is 4.42 Å². The molecule has 0 saturated carbocycles. The van der Waals surface area contributed by atoms with Crippen LogP contribution < -0.4 is 16.0 Å². The molecule has 9 nitrogen and oxygen atoms in total. The Kier molecular flexibility index (Phi) is 10.1. The van der Waals surface area contributed by atoms with Crippen molar-refractivity contribution < 1.29 is 28.7 Å². The smallest absolute Gasteiger partial charge is 0.335 e. The molecule has 0 radical (unpaired) electrons. The van der Waals surface area contributed by atoms with E-state index < -0.39 is 23.0 Å². The minimum atomic E-state index is -1.09. The molecule has 4 N–H and O–H groups in total.